The van der Waals surface area contributed by atoms with Gasteiger partial charge in [-0.05, 0) is 31.5 Å². The Labute approximate surface area is 131 Å². The number of nitrogens with zero attached hydrogens (tertiary/aromatic N) is 1. The number of nitrogens with one attached hydrogen (secondary N) is 2. The minimum Gasteiger partial charge on any atom is -0.387 e. The lowest BCUT2D eigenvalue weighted by Crippen LogP contribution is -2.39. The van der Waals surface area contributed by atoms with E-state index in [0.29, 0.717) is 6.54 Å². The van der Waals surface area contributed by atoms with Crippen LogP contribution in [0.3, 0.4) is 0 Å². The number of urea groups is 1. The van der Waals surface area contributed by atoms with Crippen molar-refractivity contribution in [3.05, 3.63) is 59.4 Å². The predicted octanol–water partition coefficient (Wildman–Crippen LogP) is 2.14. The van der Waals surface area contributed by atoms with Crippen LogP contribution in [0.2, 0.25) is 0 Å². The van der Waals surface area contributed by atoms with Crippen LogP contribution in [0.15, 0.2) is 42.7 Å². The second kappa shape index (κ2) is 7.66. The van der Waals surface area contributed by atoms with Crippen molar-refractivity contribution in [2.75, 3.05) is 13.1 Å². The van der Waals surface area contributed by atoms with Crippen LogP contribution in [0.4, 0.5) is 4.79 Å². The zero-order chi connectivity index (χ0) is 15.9. The van der Waals surface area contributed by atoms with Crippen LogP contribution in [0.1, 0.15) is 22.8 Å². The summed E-state index contributed by atoms with van der Waals surface area (Å²) in [6, 6.07) is 9.54. The Morgan fingerprint density at radius 1 is 1.14 bits per heavy atom. The summed E-state index contributed by atoms with van der Waals surface area (Å²) in [4.78, 5) is 11.7. The van der Waals surface area contributed by atoms with Crippen molar-refractivity contribution < 1.29 is 9.90 Å². The van der Waals surface area contributed by atoms with E-state index in [1.807, 2.05) is 55.1 Å². The quantitative estimate of drug-likeness (QED) is 0.765. The molecule has 0 aliphatic carbocycles. The van der Waals surface area contributed by atoms with Gasteiger partial charge >= 0.3 is 6.03 Å². The molecule has 3 N–H and O–H groups in total. The van der Waals surface area contributed by atoms with Crippen molar-refractivity contribution in [2.45, 2.75) is 26.5 Å². The summed E-state index contributed by atoms with van der Waals surface area (Å²) < 4.78 is 1.99. The van der Waals surface area contributed by atoms with Crippen LogP contribution in [0.5, 0.6) is 0 Å². The van der Waals surface area contributed by atoms with Crippen LogP contribution >= 0.6 is 0 Å². The minimum absolute atomic E-state index is 0.193. The summed E-state index contributed by atoms with van der Waals surface area (Å²) in [7, 11) is 0. The summed E-state index contributed by atoms with van der Waals surface area (Å²) in [6.45, 7) is 5.44. The fourth-order valence-corrected chi connectivity index (χ4v) is 2.39. The van der Waals surface area contributed by atoms with E-state index in [1.165, 1.54) is 0 Å². The zero-order valence-corrected chi connectivity index (χ0v) is 13.0. The third kappa shape index (κ3) is 4.93. The molecule has 0 spiro atoms. The van der Waals surface area contributed by atoms with Gasteiger partial charge in [0.1, 0.15) is 0 Å². The second-order valence-electron chi connectivity index (χ2n) is 5.49. The van der Waals surface area contributed by atoms with Gasteiger partial charge in [-0.25, -0.2) is 4.79 Å². The van der Waals surface area contributed by atoms with Gasteiger partial charge in [-0.15, -0.1) is 0 Å². The molecule has 0 aliphatic rings. The standard InChI is InChI=1S/C17H23N3O2/c1-13-9-14(2)11-15(10-13)16(21)12-19-17(22)18-5-8-20-6-3-4-7-20/h3-4,6-7,9-11,16,21H,5,8,12H2,1-2H3,(H2,18,19,22). The normalized spacial score (nSPS) is 12.0. The Hall–Kier alpha value is -2.27. The molecular weight excluding hydrogens is 278 g/mol. The number of amides is 2. The molecule has 1 aromatic carbocycles. The van der Waals surface area contributed by atoms with E-state index in [4.69, 9.17) is 0 Å². The first-order valence-corrected chi connectivity index (χ1v) is 7.43. The number of aliphatic hydroxyl groups excluding tert-OH is 1. The van der Waals surface area contributed by atoms with Crippen LogP contribution in [-0.2, 0) is 6.54 Å². The van der Waals surface area contributed by atoms with E-state index in [2.05, 4.69) is 16.7 Å². The van der Waals surface area contributed by atoms with Crippen molar-refractivity contribution in [3.63, 3.8) is 0 Å². The highest BCUT2D eigenvalue weighted by Crippen LogP contribution is 2.16. The Morgan fingerprint density at radius 3 is 2.41 bits per heavy atom. The van der Waals surface area contributed by atoms with Crippen molar-refractivity contribution in [1.29, 1.82) is 0 Å². The topological polar surface area (TPSA) is 66.3 Å². The molecule has 1 atom stereocenters. The molecule has 1 aromatic heterocycles. The Balaban J connectivity index is 1.73. The summed E-state index contributed by atoms with van der Waals surface area (Å²) >= 11 is 0. The monoisotopic (exact) mass is 301 g/mol. The molecule has 1 heterocycles. The molecule has 0 saturated carbocycles. The molecule has 0 radical (unpaired) electrons. The number of carbonyl (C=O) groups excluding carboxylic acids is 1. The lowest BCUT2D eigenvalue weighted by Gasteiger charge is -2.14. The van der Waals surface area contributed by atoms with Crippen molar-refractivity contribution >= 4 is 6.03 Å². The van der Waals surface area contributed by atoms with Crippen molar-refractivity contribution in [2.24, 2.45) is 0 Å². The second-order valence-corrected chi connectivity index (χ2v) is 5.49. The fraction of sp³-hybridized carbons (Fsp3) is 0.353. The van der Waals surface area contributed by atoms with Gasteiger partial charge in [0, 0.05) is 32.0 Å². The van der Waals surface area contributed by atoms with Gasteiger partial charge in [0.05, 0.1) is 6.10 Å². The SMILES string of the molecule is Cc1cc(C)cc(C(O)CNC(=O)NCCn2cccc2)c1. The lowest BCUT2D eigenvalue weighted by atomic mass is 10.0. The van der Waals surface area contributed by atoms with Crippen LogP contribution in [0.25, 0.3) is 0 Å². The smallest absolute Gasteiger partial charge is 0.314 e. The number of hydrogen-bond acceptors (Lipinski definition) is 2. The maximum atomic E-state index is 11.7. The molecule has 0 saturated heterocycles. The summed E-state index contributed by atoms with van der Waals surface area (Å²) in [5.74, 6) is 0. The number of aliphatic hydroxyl groups is 1. The maximum absolute atomic E-state index is 11.7. The highest BCUT2D eigenvalue weighted by Gasteiger charge is 2.10. The number of rotatable bonds is 6. The first kappa shape index (κ1) is 16.1. The summed E-state index contributed by atoms with van der Waals surface area (Å²) in [5.41, 5.74) is 3.03. The van der Waals surface area contributed by atoms with E-state index in [9.17, 15) is 9.90 Å². The number of aromatic nitrogens is 1. The van der Waals surface area contributed by atoms with Gasteiger partial charge in [-0.3, -0.25) is 0 Å². The minimum atomic E-state index is -0.700. The number of benzene rings is 1. The first-order valence-electron chi connectivity index (χ1n) is 7.43. The van der Waals surface area contributed by atoms with E-state index in [1.54, 1.807) is 0 Å². The third-order valence-corrected chi connectivity index (χ3v) is 3.41. The van der Waals surface area contributed by atoms with Gasteiger partial charge in [0.15, 0.2) is 0 Å². The van der Waals surface area contributed by atoms with E-state index < -0.39 is 6.10 Å². The Bertz CT molecular complexity index is 588. The molecule has 5 nitrogen and oxygen atoms in total. The highest BCUT2D eigenvalue weighted by molar-refractivity contribution is 5.73. The molecule has 22 heavy (non-hydrogen) atoms. The van der Waals surface area contributed by atoms with Crippen LogP contribution < -0.4 is 10.6 Å². The van der Waals surface area contributed by atoms with Gasteiger partial charge in [-0.2, -0.15) is 0 Å². The number of hydrogen-bond donors (Lipinski definition) is 3. The van der Waals surface area contributed by atoms with Gasteiger partial charge in [0.25, 0.3) is 0 Å². The Kier molecular flexibility index (Phi) is 5.61. The molecule has 118 valence electrons. The third-order valence-electron chi connectivity index (χ3n) is 3.41. The van der Waals surface area contributed by atoms with E-state index in [-0.39, 0.29) is 12.6 Å². The molecule has 2 amide bonds. The van der Waals surface area contributed by atoms with Gasteiger partial charge in [-0.1, -0.05) is 29.3 Å². The lowest BCUT2D eigenvalue weighted by molar-refractivity contribution is 0.173. The molecule has 2 aromatic rings. The first-order chi connectivity index (χ1) is 10.5. The number of carbonyl (C=O) groups is 1. The molecule has 5 heteroatoms. The average Bonchev–Trinajstić information content (AvgIpc) is 2.97. The maximum Gasteiger partial charge on any atom is 0.314 e. The van der Waals surface area contributed by atoms with E-state index >= 15 is 0 Å². The van der Waals surface area contributed by atoms with Crippen molar-refractivity contribution in [1.82, 2.24) is 15.2 Å². The van der Waals surface area contributed by atoms with Crippen LogP contribution in [-0.4, -0.2) is 28.8 Å². The van der Waals surface area contributed by atoms with E-state index in [0.717, 1.165) is 23.2 Å². The zero-order valence-electron chi connectivity index (χ0n) is 13.0. The average molecular weight is 301 g/mol. The Morgan fingerprint density at radius 2 is 1.77 bits per heavy atom. The van der Waals surface area contributed by atoms with Crippen molar-refractivity contribution in [3.8, 4) is 0 Å². The molecule has 1 unspecified atom stereocenters. The molecule has 0 aliphatic heterocycles. The van der Waals surface area contributed by atoms with Crippen LogP contribution in [0, 0.1) is 13.8 Å². The number of aryl methyl sites for hydroxylation is 2. The molecular formula is C17H23N3O2. The largest absolute Gasteiger partial charge is 0.387 e. The molecule has 0 bridgehead atoms. The van der Waals surface area contributed by atoms with Gasteiger partial charge < -0.3 is 20.3 Å². The molecule has 2 rings (SSSR count). The summed E-state index contributed by atoms with van der Waals surface area (Å²) in [5, 5.41) is 15.6. The van der Waals surface area contributed by atoms with Gasteiger partial charge in [0.2, 0.25) is 0 Å². The highest BCUT2D eigenvalue weighted by atomic mass is 16.3. The molecule has 0 fully saturated rings. The predicted molar refractivity (Wildman–Crippen MR) is 86.7 cm³/mol. The fourth-order valence-electron chi connectivity index (χ4n) is 2.39. The summed E-state index contributed by atoms with van der Waals surface area (Å²) in [6.07, 6.45) is 3.20.